The molecular formula is C22H38N2O4S. The third kappa shape index (κ3) is 6.43. The molecule has 1 aliphatic heterocycles. The quantitative estimate of drug-likeness (QED) is 0.683. The molecule has 0 bridgehead atoms. The van der Waals surface area contributed by atoms with Crippen molar-refractivity contribution in [3.63, 3.8) is 0 Å². The minimum atomic E-state index is -3.18. The fraction of sp³-hybridized carbons (Fsp3) is 0.909. The summed E-state index contributed by atoms with van der Waals surface area (Å²) < 4.78 is 24.5. The van der Waals surface area contributed by atoms with E-state index in [0.717, 1.165) is 38.5 Å². The summed E-state index contributed by atoms with van der Waals surface area (Å²) in [6.45, 7) is 4.34. The van der Waals surface area contributed by atoms with Crippen LogP contribution in [0.4, 0.5) is 0 Å². The highest BCUT2D eigenvalue weighted by atomic mass is 32.2. The van der Waals surface area contributed by atoms with E-state index in [1.807, 2.05) is 0 Å². The lowest BCUT2D eigenvalue weighted by atomic mass is 9.84. The maximum atomic E-state index is 12.6. The molecule has 0 aromatic carbocycles. The Labute approximate surface area is 175 Å². The van der Waals surface area contributed by atoms with Crippen molar-refractivity contribution < 1.29 is 18.0 Å². The fourth-order valence-corrected chi connectivity index (χ4v) is 7.73. The number of carbonyl (C=O) groups excluding carboxylic acids is 2. The molecule has 2 saturated carbocycles. The second-order valence-electron chi connectivity index (χ2n) is 9.88. The predicted molar refractivity (Wildman–Crippen MR) is 114 cm³/mol. The van der Waals surface area contributed by atoms with Crippen LogP contribution < -0.4 is 10.6 Å². The number of hydrogen-bond acceptors (Lipinski definition) is 4. The second kappa shape index (κ2) is 9.80. The Morgan fingerprint density at radius 3 is 1.48 bits per heavy atom. The molecule has 0 spiro atoms. The van der Waals surface area contributed by atoms with E-state index in [1.54, 1.807) is 0 Å². The van der Waals surface area contributed by atoms with Gasteiger partial charge in [0.05, 0.1) is 11.5 Å². The van der Waals surface area contributed by atoms with E-state index in [9.17, 15) is 18.0 Å². The molecule has 3 fully saturated rings. The summed E-state index contributed by atoms with van der Waals surface area (Å²) in [4.78, 5) is 25.2. The van der Waals surface area contributed by atoms with E-state index < -0.39 is 9.84 Å². The topological polar surface area (TPSA) is 92.3 Å². The fourth-order valence-electron chi connectivity index (χ4n) is 5.51. The summed E-state index contributed by atoms with van der Waals surface area (Å²) in [5.74, 6) is 0.367. The van der Waals surface area contributed by atoms with Crippen LogP contribution in [0.1, 0.15) is 78.1 Å². The number of rotatable bonds is 6. The molecule has 2 aliphatic carbocycles. The zero-order valence-electron chi connectivity index (χ0n) is 18.0. The Balaban J connectivity index is 1.54. The maximum Gasteiger partial charge on any atom is 0.220 e. The van der Waals surface area contributed by atoms with Gasteiger partial charge in [0.1, 0.15) is 0 Å². The van der Waals surface area contributed by atoms with Gasteiger partial charge in [-0.1, -0.05) is 39.5 Å². The largest absolute Gasteiger partial charge is 0.353 e. The molecule has 2 amide bonds. The summed E-state index contributed by atoms with van der Waals surface area (Å²) in [6, 6.07) is 0.396. The molecule has 0 radical (unpaired) electrons. The van der Waals surface area contributed by atoms with Crippen molar-refractivity contribution in [1.82, 2.24) is 10.6 Å². The molecule has 7 heteroatoms. The van der Waals surface area contributed by atoms with Crippen LogP contribution >= 0.6 is 0 Å². The summed E-state index contributed by atoms with van der Waals surface area (Å²) in [5.41, 5.74) is 0. The van der Waals surface area contributed by atoms with Gasteiger partial charge in [0, 0.05) is 24.9 Å². The lowest BCUT2D eigenvalue weighted by molar-refractivity contribution is -0.126. The van der Waals surface area contributed by atoms with Gasteiger partial charge < -0.3 is 10.6 Å². The van der Waals surface area contributed by atoms with Crippen LogP contribution in [0.2, 0.25) is 0 Å². The average molecular weight is 427 g/mol. The van der Waals surface area contributed by atoms with Crippen LogP contribution in [0, 0.1) is 23.7 Å². The monoisotopic (exact) mass is 426 g/mol. The molecular weight excluding hydrogens is 388 g/mol. The molecule has 3 rings (SSSR count). The molecule has 0 unspecified atom stereocenters. The van der Waals surface area contributed by atoms with Gasteiger partial charge in [-0.05, 0) is 49.4 Å². The van der Waals surface area contributed by atoms with Gasteiger partial charge in [-0.2, -0.15) is 0 Å². The lowest BCUT2D eigenvalue weighted by Crippen LogP contribution is -2.43. The summed E-state index contributed by atoms with van der Waals surface area (Å²) in [7, 11) is -3.18. The number of carbonyl (C=O) groups is 2. The second-order valence-corrected chi connectivity index (χ2v) is 12.0. The van der Waals surface area contributed by atoms with E-state index in [2.05, 4.69) is 24.5 Å². The minimum Gasteiger partial charge on any atom is -0.353 e. The molecule has 0 aromatic heterocycles. The Morgan fingerprint density at radius 1 is 0.724 bits per heavy atom. The van der Waals surface area contributed by atoms with E-state index in [4.69, 9.17) is 0 Å². The normalized spacial score (nSPS) is 37.0. The van der Waals surface area contributed by atoms with Crippen molar-refractivity contribution in [2.45, 2.75) is 90.1 Å². The standard InChI is InChI=1S/C22H38N2O4S/c1-15-7-3-5-9-19(15)23-21(25)11-17-13-29(27,28)14-18(17)12-22(26)24-20-10-6-4-8-16(20)2/h15-20H,3-14H2,1-2H3,(H,23,25)(H,24,26)/t15-,16-,17-,18+,19+,20-/m0/s1. The average Bonchev–Trinajstić information content (AvgIpc) is 2.92. The third-order valence-electron chi connectivity index (χ3n) is 7.41. The molecule has 6 atom stereocenters. The Bertz CT molecular complexity index is 641. The van der Waals surface area contributed by atoms with Gasteiger partial charge in [-0.15, -0.1) is 0 Å². The van der Waals surface area contributed by atoms with Gasteiger partial charge in [0.2, 0.25) is 11.8 Å². The number of hydrogen-bond donors (Lipinski definition) is 2. The summed E-state index contributed by atoms with van der Waals surface area (Å²) >= 11 is 0. The Morgan fingerprint density at radius 2 is 1.10 bits per heavy atom. The number of amides is 2. The van der Waals surface area contributed by atoms with Crippen molar-refractivity contribution in [3.05, 3.63) is 0 Å². The molecule has 166 valence electrons. The molecule has 6 nitrogen and oxygen atoms in total. The first kappa shape index (κ1) is 22.6. The molecule has 0 aromatic rings. The third-order valence-corrected chi connectivity index (χ3v) is 9.29. The maximum absolute atomic E-state index is 12.6. The van der Waals surface area contributed by atoms with Crippen molar-refractivity contribution in [3.8, 4) is 0 Å². The number of nitrogens with one attached hydrogen (secondary N) is 2. The van der Waals surface area contributed by atoms with Crippen molar-refractivity contribution in [1.29, 1.82) is 0 Å². The van der Waals surface area contributed by atoms with E-state index in [1.165, 1.54) is 12.8 Å². The summed E-state index contributed by atoms with van der Waals surface area (Å²) in [5, 5.41) is 6.27. The zero-order chi connectivity index (χ0) is 21.0. The molecule has 1 heterocycles. The highest BCUT2D eigenvalue weighted by molar-refractivity contribution is 7.91. The van der Waals surface area contributed by atoms with Crippen molar-refractivity contribution in [2.75, 3.05) is 11.5 Å². The SMILES string of the molecule is C[C@H]1CCCC[C@@H]1NC(=O)C[C@@H]1CS(=O)(=O)C[C@@H]1CC(=O)N[C@@H]1CCCC[C@@H]1C. The molecule has 3 aliphatic rings. The van der Waals surface area contributed by atoms with Crippen LogP contribution in [0.15, 0.2) is 0 Å². The van der Waals surface area contributed by atoms with Crippen LogP contribution in [0.5, 0.6) is 0 Å². The van der Waals surface area contributed by atoms with Crippen LogP contribution in [-0.2, 0) is 19.4 Å². The van der Waals surface area contributed by atoms with Crippen LogP contribution in [0.25, 0.3) is 0 Å². The zero-order valence-corrected chi connectivity index (χ0v) is 18.8. The van der Waals surface area contributed by atoms with Gasteiger partial charge in [-0.3, -0.25) is 9.59 Å². The Hall–Kier alpha value is -1.11. The first-order valence-electron chi connectivity index (χ1n) is 11.5. The predicted octanol–water partition coefficient (Wildman–Crippen LogP) is 2.82. The van der Waals surface area contributed by atoms with Gasteiger partial charge in [0.25, 0.3) is 0 Å². The highest BCUT2D eigenvalue weighted by Crippen LogP contribution is 2.32. The first-order valence-corrected chi connectivity index (χ1v) is 13.3. The van der Waals surface area contributed by atoms with Crippen molar-refractivity contribution in [2.24, 2.45) is 23.7 Å². The van der Waals surface area contributed by atoms with E-state index >= 15 is 0 Å². The van der Waals surface area contributed by atoms with Gasteiger partial charge >= 0.3 is 0 Å². The Kier molecular flexibility index (Phi) is 7.63. The van der Waals surface area contributed by atoms with Crippen LogP contribution in [0.3, 0.4) is 0 Å². The van der Waals surface area contributed by atoms with Gasteiger partial charge in [0.15, 0.2) is 9.84 Å². The lowest BCUT2D eigenvalue weighted by Gasteiger charge is -2.31. The number of sulfone groups is 1. The highest BCUT2D eigenvalue weighted by Gasteiger charge is 2.40. The smallest absolute Gasteiger partial charge is 0.220 e. The van der Waals surface area contributed by atoms with Crippen molar-refractivity contribution >= 4 is 21.7 Å². The first-order chi connectivity index (χ1) is 13.7. The summed E-state index contributed by atoms with van der Waals surface area (Å²) in [6.07, 6.45) is 9.38. The van der Waals surface area contributed by atoms with E-state index in [-0.39, 0.29) is 60.1 Å². The molecule has 2 N–H and O–H groups in total. The molecule has 29 heavy (non-hydrogen) atoms. The van der Waals surface area contributed by atoms with E-state index in [0.29, 0.717) is 11.8 Å². The van der Waals surface area contributed by atoms with Crippen LogP contribution in [-0.4, -0.2) is 43.8 Å². The minimum absolute atomic E-state index is 0.0262. The van der Waals surface area contributed by atoms with Gasteiger partial charge in [-0.25, -0.2) is 8.42 Å². The molecule has 1 saturated heterocycles.